The largest absolute Gasteiger partial charge is 0.462 e. The molecule has 0 aliphatic rings. The summed E-state index contributed by atoms with van der Waals surface area (Å²) in [5.74, 6) is -0.891. The van der Waals surface area contributed by atoms with Gasteiger partial charge in [-0.25, -0.2) is 0 Å². The van der Waals surface area contributed by atoms with E-state index in [-0.39, 0.29) is 31.1 Å². The fourth-order valence-electron chi connectivity index (χ4n) is 9.01. The van der Waals surface area contributed by atoms with E-state index in [4.69, 9.17) is 14.2 Å². The van der Waals surface area contributed by atoms with E-state index in [9.17, 15) is 14.4 Å². The van der Waals surface area contributed by atoms with Crippen molar-refractivity contribution in [1.29, 1.82) is 0 Å². The summed E-state index contributed by atoms with van der Waals surface area (Å²) in [7, 11) is 0. The maximum Gasteiger partial charge on any atom is 0.306 e. The van der Waals surface area contributed by atoms with Gasteiger partial charge in [0.2, 0.25) is 0 Å². The first-order valence-electron chi connectivity index (χ1n) is 32.2. The second kappa shape index (κ2) is 63.9. The van der Waals surface area contributed by atoms with Crippen LogP contribution in [0.15, 0.2) is 97.2 Å². The van der Waals surface area contributed by atoms with Crippen LogP contribution in [-0.2, 0) is 28.6 Å². The number of carbonyl (C=O) groups excluding carboxylic acids is 3. The zero-order valence-electron chi connectivity index (χ0n) is 50.0. The summed E-state index contributed by atoms with van der Waals surface area (Å²) < 4.78 is 16.9. The molecule has 0 heterocycles. The summed E-state index contributed by atoms with van der Waals surface area (Å²) in [5, 5.41) is 0. The Morgan fingerprint density at radius 3 is 0.803 bits per heavy atom. The third kappa shape index (κ3) is 61.2. The number of esters is 3. The summed E-state index contributed by atoms with van der Waals surface area (Å²) in [6, 6.07) is 0. The maximum absolute atomic E-state index is 12.9. The minimum absolute atomic E-state index is 0.0817. The number of ether oxygens (including phenoxy) is 3. The van der Waals surface area contributed by atoms with Crippen LogP contribution in [0, 0.1) is 0 Å². The van der Waals surface area contributed by atoms with Gasteiger partial charge in [0, 0.05) is 19.3 Å². The van der Waals surface area contributed by atoms with Crippen LogP contribution in [0.2, 0.25) is 0 Å². The van der Waals surface area contributed by atoms with E-state index < -0.39 is 6.10 Å². The van der Waals surface area contributed by atoms with Crippen molar-refractivity contribution in [2.24, 2.45) is 0 Å². The zero-order chi connectivity index (χ0) is 55.0. The van der Waals surface area contributed by atoms with Crippen LogP contribution in [0.4, 0.5) is 0 Å². The first kappa shape index (κ1) is 72.3. The SMILES string of the molecule is CC/C=C\C/C=C\C/C=C\C/C=C\C/C=C\C/C=C\CCCCCCCCC(=O)OCC(COC(=O)CCCCCCCCCCCCCC)OC(=O)CCCCCCCCCCC/C=C\C/C=C\CCCCCCC. The quantitative estimate of drug-likeness (QED) is 0.0261. The van der Waals surface area contributed by atoms with Gasteiger partial charge >= 0.3 is 17.9 Å². The van der Waals surface area contributed by atoms with Crippen LogP contribution < -0.4 is 0 Å². The molecule has 0 aliphatic carbocycles. The zero-order valence-corrected chi connectivity index (χ0v) is 50.0. The molecule has 1 unspecified atom stereocenters. The molecule has 0 amide bonds. The van der Waals surface area contributed by atoms with E-state index in [0.717, 1.165) is 116 Å². The topological polar surface area (TPSA) is 78.9 Å². The lowest BCUT2D eigenvalue weighted by atomic mass is 10.0. The number of hydrogen-bond acceptors (Lipinski definition) is 6. The third-order valence-electron chi connectivity index (χ3n) is 13.8. The molecule has 6 heteroatoms. The van der Waals surface area contributed by atoms with E-state index >= 15 is 0 Å². The molecule has 0 aromatic carbocycles. The molecule has 76 heavy (non-hydrogen) atoms. The highest BCUT2D eigenvalue weighted by molar-refractivity contribution is 5.71. The Morgan fingerprint density at radius 1 is 0.276 bits per heavy atom. The summed E-state index contributed by atoms with van der Waals surface area (Å²) >= 11 is 0. The number of allylic oxidation sites excluding steroid dienone is 16. The molecule has 0 saturated heterocycles. The molecule has 436 valence electrons. The number of hydrogen-bond donors (Lipinski definition) is 0. The number of rotatable bonds is 58. The monoisotopic (exact) mass is 1060 g/mol. The molecule has 0 aliphatic heterocycles. The van der Waals surface area contributed by atoms with E-state index in [1.165, 1.54) is 154 Å². The lowest BCUT2D eigenvalue weighted by Gasteiger charge is -2.18. The van der Waals surface area contributed by atoms with Gasteiger partial charge in [0.25, 0.3) is 0 Å². The molecule has 0 spiro atoms. The molecule has 6 nitrogen and oxygen atoms in total. The van der Waals surface area contributed by atoms with E-state index in [1.54, 1.807) is 0 Å². The smallest absolute Gasteiger partial charge is 0.306 e. The van der Waals surface area contributed by atoms with E-state index in [2.05, 4.69) is 118 Å². The minimum atomic E-state index is -0.786. The van der Waals surface area contributed by atoms with Crippen molar-refractivity contribution in [3.05, 3.63) is 97.2 Å². The predicted octanol–water partition coefficient (Wildman–Crippen LogP) is 22.0. The predicted molar refractivity (Wildman–Crippen MR) is 330 cm³/mol. The van der Waals surface area contributed by atoms with Crippen LogP contribution in [-0.4, -0.2) is 37.2 Å². The molecule has 0 aromatic heterocycles. The highest BCUT2D eigenvalue weighted by atomic mass is 16.6. The van der Waals surface area contributed by atoms with E-state index in [1.807, 2.05) is 0 Å². The Bertz CT molecular complexity index is 1490. The van der Waals surface area contributed by atoms with Crippen LogP contribution in [0.5, 0.6) is 0 Å². The molecular formula is C70H120O6. The van der Waals surface area contributed by atoms with Crippen LogP contribution in [0.25, 0.3) is 0 Å². The Kier molecular flexibility index (Phi) is 60.8. The molecule has 0 fully saturated rings. The van der Waals surface area contributed by atoms with Gasteiger partial charge in [-0.3, -0.25) is 14.4 Å². The Labute approximate surface area is 470 Å². The minimum Gasteiger partial charge on any atom is -0.462 e. The van der Waals surface area contributed by atoms with Crippen LogP contribution in [0.3, 0.4) is 0 Å². The molecule has 0 rings (SSSR count). The van der Waals surface area contributed by atoms with Crippen molar-refractivity contribution in [1.82, 2.24) is 0 Å². The second-order valence-electron chi connectivity index (χ2n) is 21.3. The van der Waals surface area contributed by atoms with Gasteiger partial charge in [0.15, 0.2) is 6.10 Å². The molecule has 0 aromatic rings. The highest BCUT2D eigenvalue weighted by Gasteiger charge is 2.19. The first-order valence-corrected chi connectivity index (χ1v) is 32.2. The Hall–Kier alpha value is -3.67. The average Bonchev–Trinajstić information content (AvgIpc) is 3.42. The van der Waals surface area contributed by atoms with Gasteiger partial charge in [0.1, 0.15) is 13.2 Å². The third-order valence-corrected chi connectivity index (χ3v) is 13.8. The van der Waals surface area contributed by atoms with Gasteiger partial charge in [-0.15, -0.1) is 0 Å². The molecular weight excluding hydrogens is 937 g/mol. The van der Waals surface area contributed by atoms with Gasteiger partial charge < -0.3 is 14.2 Å². The standard InChI is InChI=1S/C70H120O6/c1-4-7-10-13-16-19-22-25-27-29-31-33-34-35-36-38-39-41-43-45-48-51-54-57-60-63-69(72)75-66-67(65-74-68(71)62-59-56-53-50-47-24-21-18-15-12-9-6-3)76-70(73)64-61-58-55-52-49-46-44-42-40-37-32-30-28-26-23-20-17-14-11-8-5-2/h7,10,16,19,23,25-27,30-33,35-36,39,41,67H,4-6,8-9,11-15,17-18,20-22,24,28-29,34,37-38,40,42-66H2,1-3H3/b10-7-,19-16-,26-23-,27-25-,32-30-,33-31-,36-35-,41-39-. The van der Waals surface area contributed by atoms with Crippen LogP contribution >= 0.6 is 0 Å². The van der Waals surface area contributed by atoms with Crippen molar-refractivity contribution in [3.63, 3.8) is 0 Å². The second-order valence-corrected chi connectivity index (χ2v) is 21.3. The van der Waals surface area contributed by atoms with Gasteiger partial charge in [0.05, 0.1) is 0 Å². The summed E-state index contributed by atoms with van der Waals surface area (Å²) in [6.45, 7) is 6.52. The summed E-state index contributed by atoms with van der Waals surface area (Å²) in [4.78, 5) is 38.3. The van der Waals surface area contributed by atoms with Crippen molar-refractivity contribution < 1.29 is 28.6 Å². The molecule has 0 bridgehead atoms. The first-order chi connectivity index (χ1) is 37.5. The normalized spacial score (nSPS) is 12.7. The molecule has 0 radical (unpaired) electrons. The summed E-state index contributed by atoms with van der Waals surface area (Å²) in [5.41, 5.74) is 0. The van der Waals surface area contributed by atoms with Crippen molar-refractivity contribution in [3.8, 4) is 0 Å². The molecule has 0 saturated carbocycles. The molecule has 1 atom stereocenters. The molecule has 0 N–H and O–H groups in total. The van der Waals surface area contributed by atoms with Gasteiger partial charge in [-0.2, -0.15) is 0 Å². The highest BCUT2D eigenvalue weighted by Crippen LogP contribution is 2.16. The lowest BCUT2D eigenvalue weighted by molar-refractivity contribution is -0.167. The van der Waals surface area contributed by atoms with Crippen molar-refractivity contribution in [2.75, 3.05) is 13.2 Å². The Balaban J connectivity index is 4.35. The van der Waals surface area contributed by atoms with Crippen molar-refractivity contribution in [2.45, 2.75) is 316 Å². The Morgan fingerprint density at radius 2 is 0.513 bits per heavy atom. The van der Waals surface area contributed by atoms with E-state index in [0.29, 0.717) is 19.3 Å². The van der Waals surface area contributed by atoms with Crippen LogP contribution in [0.1, 0.15) is 310 Å². The van der Waals surface area contributed by atoms with Crippen molar-refractivity contribution >= 4 is 17.9 Å². The van der Waals surface area contributed by atoms with Gasteiger partial charge in [-0.1, -0.05) is 285 Å². The summed E-state index contributed by atoms with van der Waals surface area (Å²) in [6.07, 6.45) is 85.5. The average molecular weight is 1060 g/mol. The lowest BCUT2D eigenvalue weighted by Crippen LogP contribution is -2.30. The fraction of sp³-hybridized carbons (Fsp3) is 0.729. The van der Waals surface area contributed by atoms with Gasteiger partial charge in [-0.05, 0) is 103 Å². The maximum atomic E-state index is 12.9. The number of carbonyl (C=O) groups is 3. The fourth-order valence-corrected chi connectivity index (χ4v) is 9.01. The number of unbranched alkanes of at least 4 members (excludes halogenated alkanes) is 31.